The summed E-state index contributed by atoms with van der Waals surface area (Å²) in [5.41, 5.74) is 0.885. The highest BCUT2D eigenvalue weighted by molar-refractivity contribution is 8.00. The van der Waals surface area contributed by atoms with E-state index in [1.54, 1.807) is 7.11 Å². The van der Waals surface area contributed by atoms with Crippen LogP contribution in [0.15, 0.2) is 24.3 Å². The second-order valence-electron chi connectivity index (χ2n) is 2.14. The molecule has 0 radical (unpaired) electrons. The van der Waals surface area contributed by atoms with Gasteiger partial charge in [0.1, 0.15) is 5.75 Å². The van der Waals surface area contributed by atoms with Gasteiger partial charge < -0.3 is 41.1 Å². The maximum Gasteiger partial charge on any atom is 0.119 e. The predicted octanol–water partition coefficient (Wildman–Crippen LogP) is 2.32. The van der Waals surface area contributed by atoms with Crippen LogP contribution in [-0.2, 0) is 12.6 Å². The molecule has 5 heteroatoms. The lowest BCUT2D eigenvalue weighted by Crippen LogP contribution is -2.03. The zero-order valence-corrected chi connectivity index (χ0v) is 9.17. The van der Waals surface area contributed by atoms with E-state index in [2.05, 4.69) is 5.32 Å². The van der Waals surface area contributed by atoms with Crippen molar-refractivity contribution in [2.45, 2.75) is 0 Å². The Morgan fingerprint density at radius 3 is 2.31 bits per heavy atom. The molecule has 0 fully saturated rings. The minimum Gasteiger partial charge on any atom is -0.497 e. The van der Waals surface area contributed by atoms with Gasteiger partial charge in [0, 0.05) is 5.69 Å². The van der Waals surface area contributed by atoms with E-state index in [4.69, 9.17) is 29.6 Å². The van der Waals surface area contributed by atoms with E-state index in [9.17, 15) is 0 Å². The van der Waals surface area contributed by atoms with Gasteiger partial charge >= 0.3 is 0 Å². The monoisotopic (exact) mass is 216 g/mol. The molecule has 0 spiro atoms. The minimum absolute atomic E-state index is 0. The molecule has 0 unspecified atom stereocenters. The Kier molecular flexibility index (Phi) is 5.29. The number of nitrogens with one attached hydrogen (secondary N) is 1. The molecule has 0 bridgehead atoms. The molecule has 0 aliphatic carbocycles. The first kappa shape index (κ1) is 12.1. The van der Waals surface area contributed by atoms with Crippen molar-refractivity contribution in [3.05, 3.63) is 24.3 Å². The topological polar surface area (TPSA) is 57.8 Å². The fourth-order valence-electron chi connectivity index (χ4n) is 0.792. The summed E-state index contributed by atoms with van der Waals surface area (Å²) in [6.45, 7) is 0. The Hall–Kier alpha value is -0.910. The summed E-state index contributed by atoms with van der Waals surface area (Å²) in [5.74, 6) is 0.816. The summed E-state index contributed by atoms with van der Waals surface area (Å²) >= 11 is 9.42. The first-order valence-electron chi connectivity index (χ1n) is 3.34. The van der Waals surface area contributed by atoms with Gasteiger partial charge in [0.2, 0.25) is 0 Å². The molecular formula is C8H12N2OS2. The number of anilines is 1. The van der Waals surface area contributed by atoms with Crippen LogP contribution in [0.25, 0.3) is 0 Å². The molecule has 0 heterocycles. The maximum atomic E-state index is 4.99. The lowest BCUT2D eigenvalue weighted by molar-refractivity contribution is 0.415. The van der Waals surface area contributed by atoms with Crippen molar-refractivity contribution in [2.24, 2.45) is 0 Å². The van der Waals surface area contributed by atoms with Crippen molar-refractivity contribution in [1.29, 1.82) is 0 Å². The average molecular weight is 216 g/mol. The third-order valence-corrected chi connectivity index (χ3v) is 1.54. The second kappa shape index (κ2) is 5.69. The van der Waals surface area contributed by atoms with E-state index < -0.39 is 0 Å². The van der Waals surface area contributed by atoms with Crippen molar-refractivity contribution in [3.8, 4) is 5.75 Å². The first-order chi connectivity index (χ1) is 5.72. The van der Waals surface area contributed by atoms with Gasteiger partial charge in [-0.25, -0.2) is 0 Å². The van der Waals surface area contributed by atoms with Crippen molar-refractivity contribution < 1.29 is 4.74 Å². The molecule has 3 nitrogen and oxygen atoms in total. The Morgan fingerprint density at radius 1 is 1.38 bits per heavy atom. The molecule has 1 aromatic carbocycles. The molecule has 0 saturated carbocycles. The largest absolute Gasteiger partial charge is 0.497 e. The summed E-state index contributed by atoms with van der Waals surface area (Å²) in [6.07, 6.45) is 0. The third-order valence-electron chi connectivity index (χ3n) is 1.34. The van der Waals surface area contributed by atoms with Crippen LogP contribution < -0.4 is 16.2 Å². The fraction of sp³-hybridized carbons (Fsp3) is 0.125. The van der Waals surface area contributed by atoms with Gasteiger partial charge in [-0.15, -0.1) is 0 Å². The highest BCUT2D eigenvalue weighted by Crippen LogP contribution is 2.14. The molecule has 0 aliphatic rings. The molecular weight excluding hydrogens is 204 g/mol. The van der Waals surface area contributed by atoms with E-state index in [-0.39, 0.29) is 6.15 Å². The highest BCUT2D eigenvalue weighted by Gasteiger charge is 1.90. The SMILES string of the molecule is COc1ccc(NC(=S)[S-])cc1.[NH4+]. The number of methoxy groups -OCH3 is 1. The number of hydrogen-bond acceptors (Lipinski definition) is 3. The molecule has 0 amide bonds. The molecule has 0 aliphatic heterocycles. The number of quaternary nitrogens is 1. The molecule has 0 saturated heterocycles. The Morgan fingerprint density at radius 2 is 1.92 bits per heavy atom. The van der Waals surface area contributed by atoms with Crippen LogP contribution in [0, 0.1) is 0 Å². The zero-order chi connectivity index (χ0) is 8.97. The van der Waals surface area contributed by atoms with Crippen molar-refractivity contribution >= 4 is 34.9 Å². The summed E-state index contributed by atoms with van der Waals surface area (Å²) < 4.78 is 5.33. The quantitative estimate of drug-likeness (QED) is 0.588. The molecule has 13 heavy (non-hydrogen) atoms. The molecule has 5 N–H and O–H groups in total. The van der Waals surface area contributed by atoms with Gasteiger partial charge in [-0.3, -0.25) is 0 Å². The molecule has 1 aromatic rings. The smallest absolute Gasteiger partial charge is 0.119 e. The molecule has 1 rings (SSSR count). The van der Waals surface area contributed by atoms with Crippen LogP contribution in [0.2, 0.25) is 0 Å². The number of ether oxygens (including phenoxy) is 1. The van der Waals surface area contributed by atoms with Crippen molar-refractivity contribution in [2.75, 3.05) is 12.4 Å². The lowest BCUT2D eigenvalue weighted by Gasteiger charge is -2.09. The van der Waals surface area contributed by atoms with Crippen LogP contribution >= 0.6 is 12.2 Å². The summed E-state index contributed by atoms with van der Waals surface area (Å²) in [6, 6.07) is 7.40. The average Bonchev–Trinajstić information content (AvgIpc) is 2.05. The summed E-state index contributed by atoms with van der Waals surface area (Å²) in [7, 11) is 1.63. The molecule has 0 atom stereocenters. The number of thiocarbonyl (C=S) groups is 1. The maximum absolute atomic E-state index is 4.99. The van der Waals surface area contributed by atoms with Gasteiger partial charge in [0.25, 0.3) is 0 Å². The van der Waals surface area contributed by atoms with Crippen molar-refractivity contribution in [3.63, 3.8) is 0 Å². The summed E-state index contributed by atoms with van der Waals surface area (Å²) in [4.78, 5) is 0. The Labute approximate surface area is 88.5 Å². The lowest BCUT2D eigenvalue weighted by atomic mass is 10.3. The standard InChI is InChI=1S/C8H9NOS2.H3N/c1-10-7-4-2-6(3-5-7)9-8(11)12;/h2-5H,1H3,(H2,9,11,12);1H3. The number of rotatable bonds is 2. The van der Waals surface area contributed by atoms with Gasteiger partial charge in [0.15, 0.2) is 0 Å². The van der Waals surface area contributed by atoms with Gasteiger partial charge in [-0.05, 0) is 24.3 Å². The van der Waals surface area contributed by atoms with E-state index in [0.717, 1.165) is 11.4 Å². The van der Waals surface area contributed by atoms with Crippen LogP contribution in [0.5, 0.6) is 5.75 Å². The van der Waals surface area contributed by atoms with Crippen LogP contribution in [0.4, 0.5) is 5.69 Å². The molecule has 0 aromatic heterocycles. The minimum atomic E-state index is 0. The van der Waals surface area contributed by atoms with Gasteiger partial charge in [-0.2, -0.15) is 0 Å². The number of benzene rings is 1. The van der Waals surface area contributed by atoms with Crippen LogP contribution in [0.3, 0.4) is 0 Å². The summed E-state index contributed by atoms with van der Waals surface area (Å²) in [5, 5.41) is 2.85. The highest BCUT2D eigenvalue weighted by atomic mass is 32.1. The van der Waals surface area contributed by atoms with E-state index in [1.165, 1.54) is 0 Å². The van der Waals surface area contributed by atoms with Gasteiger partial charge in [0.05, 0.1) is 7.11 Å². The van der Waals surface area contributed by atoms with Crippen molar-refractivity contribution in [1.82, 2.24) is 6.15 Å². The van der Waals surface area contributed by atoms with Crippen LogP contribution in [0.1, 0.15) is 0 Å². The van der Waals surface area contributed by atoms with Gasteiger partial charge in [-0.1, -0.05) is 4.32 Å². The zero-order valence-electron chi connectivity index (χ0n) is 7.53. The Balaban J connectivity index is 0.00000144. The Bertz CT molecular complexity index is 274. The van der Waals surface area contributed by atoms with E-state index >= 15 is 0 Å². The van der Waals surface area contributed by atoms with E-state index in [1.807, 2.05) is 24.3 Å². The third kappa shape index (κ3) is 4.02. The van der Waals surface area contributed by atoms with E-state index in [0.29, 0.717) is 4.32 Å². The number of hydrogen-bond donors (Lipinski definition) is 2. The normalized spacial score (nSPS) is 8.38. The van der Waals surface area contributed by atoms with Crippen LogP contribution in [-0.4, -0.2) is 11.4 Å². The predicted molar refractivity (Wildman–Crippen MR) is 62.6 cm³/mol. The second-order valence-corrected chi connectivity index (χ2v) is 3.22. The first-order valence-corrected chi connectivity index (χ1v) is 4.16. The molecule has 72 valence electrons. The fourth-order valence-corrected chi connectivity index (χ4v) is 1.03.